The third-order valence-electron chi connectivity index (χ3n) is 10.5. The van der Waals surface area contributed by atoms with Crippen molar-refractivity contribution in [2.45, 2.75) is 72.4 Å². The summed E-state index contributed by atoms with van der Waals surface area (Å²) >= 11 is 13.5. The molecule has 5 aromatic rings. The van der Waals surface area contributed by atoms with E-state index in [1.807, 2.05) is 73.8 Å². The number of hydrogen-bond donors (Lipinski definition) is 1. The van der Waals surface area contributed by atoms with Crippen molar-refractivity contribution < 1.29 is 19.1 Å². The van der Waals surface area contributed by atoms with Crippen LogP contribution in [0.1, 0.15) is 71.2 Å². The Kier molecular flexibility index (Phi) is 9.31. The number of aromatic amines is 1. The number of para-hydroxylation sites is 1. The Balaban J connectivity index is 1.28. The third-order valence-corrected chi connectivity index (χ3v) is 11.4. The van der Waals surface area contributed by atoms with Crippen LogP contribution < -0.4 is 14.5 Å². The van der Waals surface area contributed by atoms with Crippen molar-refractivity contribution in [1.29, 1.82) is 0 Å². The van der Waals surface area contributed by atoms with Gasteiger partial charge in [-0.2, -0.15) is 5.10 Å². The van der Waals surface area contributed by atoms with Crippen molar-refractivity contribution >= 4 is 57.4 Å². The van der Waals surface area contributed by atoms with Crippen molar-refractivity contribution in [3.63, 3.8) is 0 Å². The molecule has 0 spiro atoms. The van der Waals surface area contributed by atoms with Crippen molar-refractivity contribution in [2.24, 2.45) is 7.05 Å². The number of anilines is 2. The highest BCUT2D eigenvalue weighted by Crippen LogP contribution is 2.54. The molecule has 266 valence electrons. The zero-order chi connectivity index (χ0) is 36.3. The first-order valence-corrected chi connectivity index (χ1v) is 18.3. The molecule has 4 heterocycles. The van der Waals surface area contributed by atoms with Crippen LogP contribution >= 0.6 is 23.2 Å². The van der Waals surface area contributed by atoms with Gasteiger partial charge in [-0.25, -0.2) is 4.79 Å². The number of aryl methyl sites for hydroxylation is 4. The van der Waals surface area contributed by atoms with Crippen LogP contribution in [0.5, 0.6) is 5.75 Å². The van der Waals surface area contributed by atoms with E-state index in [1.165, 1.54) is 0 Å². The molecular weight excluding hydrogens is 685 g/mol. The van der Waals surface area contributed by atoms with Crippen molar-refractivity contribution in [3.05, 3.63) is 92.3 Å². The number of esters is 1. The minimum atomic E-state index is -0.479. The Morgan fingerprint density at radius 3 is 2.47 bits per heavy atom. The van der Waals surface area contributed by atoms with Crippen LogP contribution in [0.2, 0.25) is 10.0 Å². The molecule has 0 saturated carbocycles. The molecule has 0 bridgehead atoms. The molecular formula is C40H43Cl2N5O4. The number of fused-ring (bicyclic) bond motifs is 4. The lowest BCUT2D eigenvalue weighted by Gasteiger charge is -2.45. The summed E-state index contributed by atoms with van der Waals surface area (Å²) in [5, 5.41) is 6.95. The van der Waals surface area contributed by atoms with Gasteiger partial charge in [-0.3, -0.25) is 9.48 Å². The first-order valence-electron chi connectivity index (χ1n) is 17.5. The number of carbonyl (C=O) groups is 2. The number of halogens is 2. The van der Waals surface area contributed by atoms with Crippen LogP contribution in [-0.4, -0.2) is 58.5 Å². The highest BCUT2D eigenvalue weighted by molar-refractivity contribution is 6.34. The predicted molar refractivity (Wildman–Crippen MR) is 204 cm³/mol. The Morgan fingerprint density at radius 2 is 1.78 bits per heavy atom. The van der Waals surface area contributed by atoms with Gasteiger partial charge in [0.1, 0.15) is 17.5 Å². The van der Waals surface area contributed by atoms with Crippen LogP contribution in [0.25, 0.3) is 22.0 Å². The molecule has 9 nitrogen and oxygen atoms in total. The molecule has 3 aromatic carbocycles. The number of aromatic nitrogens is 3. The second-order valence-corrected chi connectivity index (χ2v) is 14.6. The Bertz CT molecular complexity index is 2170. The second kappa shape index (κ2) is 13.6. The average Bonchev–Trinajstić information content (AvgIpc) is 3.75. The highest BCUT2D eigenvalue weighted by Gasteiger charge is 2.51. The van der Waals surface area contributed by atoms with E-state index >= 15 is 4.79 Å². The second-order valence-electron chi connectivity index (χ2n) is 13.8. The standard InChI is InChI=1S/C40H43Cl2N5O4/c1-8-50-40(49)31-19-26-11-9-13-32(36(26)43-31)46-20-23(4)47-37-29(14-15-30(41)34(37)33-24(5)44-45(7)25(33)6)28(38(47)39(46)48)12-10-16-51-27-17-21(2)35(42)22(3)18-27/h9,11,13-15,17-19,23,28,38,43H,8,10,12,16,20H2,1-7H3/t23-,28?,38?/m1/s1. The molecule has 11 heteroatoms. The largest absolute Gasteiger partial charge is 0.494 e. The van der Waals surface area contributed by atoms with Gasteiger partial charge in [0.05, 0.1) is 40.8 Å². The van der Waals surface area contributed by atoms with Gasteiger partial charge in [0.25, 0.3) is 0 Å². The number of hydrogen-bond acceptors (Lipinski definition) is 6. The number of piperazine rings is 1. The number of ether oxygens (including phenoxy) is 2. The van der Waals surface area contributed by atoms with E-state index in [0.717, 1.165) is 85.1 Å². The van der Waals surface area contributed by atoms with E-state index in [-0.39, 0.29) is 24.5 Å². The van der Waals surface area contributed by atoms with Crippen LogP contribution in [0.4, 0.5) is 11.4 Å². The summed E-state index contributed by atoms with van der Waals surface area (Å²) < 4.78 is 13.4. The van der Waals surface area contributed by atoms with E-state index in [1.54, 1.807) is 13.0 Å². The molecule has 0 radical (unpaired) electrons. The van der Waals surface area contributed by atoms with Crippen molar-refractivity contribution in [3.8, 4) is 16.9 Å². The number of nitrogens with zero attached hydrogens (tertiary/aromatic N) is 4. The molecule has 2 aliphatic heterocycles. The molecule has 1 amide bonds. The summed E-state index contributed by atoms with van der Waals surface area (Å²) in [6, 6.07) is 15.0. The molecule has 1 N–H and O–H groups in total. The zero-order valence-electron chi connectivity index (χ0n) is 30.1. The minimum Gasteiger partial charge on any atom is -0.494 e. The van der Waals surface area contributed by atoms with Crippen molar-refractivity contribution in [1.82, 2.24) is 14.8 Å². The highest BCUT2D eigenvalue weighted by atomic mass is 35.5. The number of rotatable bonds is 9. The van der Waals surface area contributed by atoms with Gasteiger partial charge in [0.15, 0.2) is 0 Å². The van der Waals surface area contributed by atoms with E-state index in [0.29, 0.717) is 23.9 Å². The average molecular weight is 729 g/mol. The summed E-state index contributed by atoms with van der Waals surface area (Å²) in [6.07, 6.45) is 1.45. The minimum absolute atomic E-state index is 0.000608. The van der Waals surface area contributed by atoms with Crippen LogP contribution in [0.3, 0.4) is 0 Å². The summed E-state index contributed by atoms with van der Waals surface area (Å²) in [7, 11) is 1.94. The maximum absolute atomic E-state index is 15.0. The molecule has 51 heavy (non-hydrogen) atoms. The van der Waals surface area contributed by atoms with Gasteiger partial charge in [-0.15, -0.1) is 0 Å². The lowest BCUT2D eigenvalue weighted by Crippen LogP contribution is -2.61. The smallest absolute Gasteiger partial charge is 0.354 e. The topological polar surface area (TPSA) is 92.7 Å². The lowest BCUT2D eigenvalue weighted by molar-refractivity contribution is -0.121. The van der Waals surface area contributed by atoms with E-state index in [4.69, 9.17) is 37.8 Å². The molecule has 2 aliphatic rings. The molecule has 2 unspecified atom stereocenters. The van der Waals surface area contributed by atoms with E-state index < -0.39 is 12.0 Å². The molecule has 3 atom stereocenters. The fourth-order valence-corrected chi connectivity index (χ4v) is 8.48. The lowest BCUT2D eigenvalue weighted by atomic mass is 9.87. The van der Waals surface area contributed by atoms with Gasteiger partial charge in [0, 0.05) is 52.8 Å². The zero-order valence-corrected chi connectivity index (χ0v) is 31.6. The van der Waals surface area contributed by atoms with Crippen LogP contribution in [-0.2, 0) is 16.6 Å². The predicted octanol–water partition coefficient (Wildman–Crippen LogP) is 8.85. The van der Waals surface area contributed by atoms with Crippen molar-refractivity contribution in [2.75, 3.05) is 29.6 Å². The first-order chi connectivity index (χ1) is 24.4. The quantitative estimate of drug-likeness (QED) is 0.121. The Morgan fingerprint density at radius 1 is 1.04 bits per heavy atom. The molecule has 1 fully saturated rings. The summed E-state index contributed by atoms with van der Waals surface area (Å²) in [4.78, 5) is 35.1. The monoisotopic (exact) mass is 727 g/mol. The van der Waals surface area contributed by atoms with Gasteiger partial charge in [-0.1, -0.05) is 41.4 Å². The van der Waals surface area contributed by atoms with Gasteiger partial charge < -0.3 is 24.3 Å². The number of benzene rings is 3. The molecule has 0 aliphatic carbocycles. The summed E-state index contributed by atoms with van der Waals surface area (Å²) in [5.74, 6) is 0.239. The number of carbonyl (C=O) groups excluding carboxylic acids is 2. The van der Waals surface area contributed by atoms with Gasteiger partial charge in [0.2, 0.25) is 5.91 Å². The molecule has 2 aromatic heterocycles. The van der Waals surface area contributed by atoms with Crippen LogP contribution in [0, 0.1) is 27.7 Å². The van der Waals surface area contributed by atoms with E-state index in [2.05, 4.69) is 29.8 Å². The van der Waals surface area contributed by atoms with Gasteiger partial charge in [-0.05, 0) is 101 Å². The Labute approximate surface area is 308 Å². The maximum atomic E-state index is 15.0. The number of amides is 1. The molecule has 1 saturated heterocycles. The fourth-order valence-electron chi connectivity index (χ4n) is 8.12. The molecule has 7 rings (SSSR count). The normalized spacial score (nSPS) is 18.4. The van der Waals surface area contributed by atoms with E-state index in [9.17, 15) is 4.79 Å². The van der Waals surface area contributed by atoms with Gasteiger partial charge >= 0.3 is 5.97 Å². The SMILES string of the molecule is CCOC(=O)c1cc2cccc(N3C[C@@H](C)N4c5c(ccc(Cl)c5-c5c(C)nn(C)c5C)C(CCCOc5cc(C)c(Cl)c(C)c5)C4C3=O)c2[nH]1. The first kappa shape index (κ1) is 35.0. The summed E-state index contributed by atoms with van der Waals surface area (Å²) in [5.41, 5.74) is 9.71. The number of H-pyrrole nitrogens is 1. The fraction of sp³-hybridized carbons (Fsp3) is 0.375. The Hall–Kier alpha value is -4.47. The van der Waals surface area contributed by atoms with Crippen LogP contribution in [0.15, 0.2) is 48.5 Å². The summed E-state index contributed by atoms with van der Waals surface area (Å²) in [6.45, 7) is 13.2. The number of nitrogens with one attached hydrogen (secondary N) is 1. The maximum Gasteiger partial charge on any atom is 0.354 e. The third kappa shape index (κ3) is 5.94.